The van der Waals surface area contributed by atoms with Gasteiger partial charge in [-0.1, -0.05) is 0 Å². The summed E-state index contributed by atoms with van der Waals surface area (Å²) in [5.41, 5.74) is 0.271. The molecule has 9 heteroatoms. The first-order valence-electron chi connectivity index (χ1n) is 9.29. The lowest BCUT2D eigenvalue weighted by Crippen LogP contribution is -2.41. The zero-order chi connectivity index (χ0) is 17.9. The zero-order valence-electron chi connectivity index (χ0n) is 15.4. The Bertz CT molecular complexity index is 483. The molecule has 2 atom stereocenters. The molecule has 3 fully saturated rings. The summed E-state index contributed by atoms with van der Waals surface area (Å²) >= 11 is 0. The van der Waals surface area contributed by atoms with Crippen molar-refractivity contribution in [3.05, 3.63) is 0 Å². The molecule has 3 aliphatic rings. The number of hydrogen-bond acceptors (Lipinski definition) is 3. The monoisotopic (exact) mass is 490 g/mol. The number of rotatable bonds is 4. The molecule has 3 aliphatic heterocycles. The molecule has 0 radical (unpaired) electrons. The van der Waals surface area contributed by atoms with Gasteiger partial charge in [0.1, 0.15) is 0 Å². The third-order valence-electron chi connectivity index (χ3n) is 5.53. The highest BCUT2D eigenvalue weighted by Crippen LogP contribution is 2.38. The highest BCUT2D eigenvalue weighted by molar-refractivity contribution is 14.0. The fraction of sp³-hybridized carbons (Fsp3) is 0.941. The molecule has 0 aliphatic carbocycles. The molecule has 0 amide bonds. The van der Waals surface area contributed by atoms with Crippen LogP contribution in [0, 0.1) is 11.3 Å². The Labute approximate surface area is 170 Å². The quantitative estimate of drug-likeness (QED) is 0.374. The maximum absolute atomic E-state index is 12.5. The van der Waals surface area contributed by atoms with Gasteiger partial charge in [-0.15, -0.1) is 24.0 Å². The van der Waals surface area contributed by atoms with Crippen LogP contribution in [-0.2, 0) is 4.74 Å². The summed E-state index contributed by atoms with van der Waals surface area (Å²) in [4.78, 5) is 8.53. The van der Waals surface area contributed by atoms with Gasteiger partial charge in [0.2, 0.25) is 0 Å². The first kappa shape index (κ1) is 22.0. The number of guanidine groups is 1. The van der Waals surface area contributed by atoms with Crippen molar-refractivity contribution in [1.82, 2.24) is 15.1 Å². The van der Waals surface area contributed by atoms with Crippen molar-refractivity contribution in [2.45, 2.75) is 32.4 Å². The van der Waals surface area contributed by atoms with Crippen LogP contribution in [0.4, 0.5) is 13.2 Å². The number of nitrogens with one attached hydrogen (secondary N) is 1. The average Bonchev–Trinajstić information content (AvgIpc) is 3.26. The van der Waals surface area contributed by atoms with Crippen LogP contribution in [0.3, 0.4) is 0 Å². The predicted molar refractivity (Wildman–Crippen MR) is 106 cm³/mol. The second kappa shape index (κ2) is 9.27. The van der Waals surface area contributed by atoms with Crippen molar-refractivity contribution in [2.24, 2.45) is 16.3 Å². The molecule has 3 saturated heterocycles. The average molecular weight is 490 g/mol. The summed E-state index contributed by atoms with van der Waals surface area (Å²) in [7, 11) is 0. The van der Waals surface area contributed by atoms with Crippen LogP contribution < -0.4 is 5.32 Å². The van der Waals surface area contributed by atoms with Gasteiger partial charge in [-0.25, -0.2) is 0 Å². The summed E-state index contributed by atoms with van der Waals surface area (Å²) in [5, 5.41) is 3.35. The van der Waals surface area contributed by atoms with E-state index in [0.717, 1.165) is 58.1 Å². The van der Waals surface area contributed by atoms with Crippen LogP contribution in [-0.4, -0.2) is 81.0 Å². The first-order chi connectivity index (χ1) is 11.9. The molecular weight excluding hydrogens is 460 g/mol. The predicted octanol–water partition coefficient (Wildman–Crippen LogP) is 2.57. The van der Waals surface area contributed by atoms with Crippen LogP contribution in [0.2, 0.25) is 0 Å². The summed E-state index contributed by atoms with van der Waals surface area (Å²) in [6, 6.07) is 0. The molecule has 5 nitrogen and oxygen atoms in total. The lowest BCUT2D eigenvalue weighted by atomic mass is 9.87. The maximum Gasteiger partial charge on any atom is 0.401 e. The minimum absolute atomic E-state index is 0. The smallest absolute Gasteiger partial charge is 0.381 e. The van der Waals surface area contributed by atoms with Crippen molar-refractivity contribution < 1.29 is 17.9 Å². The molecule has 0 saturated carbocycles. The Balaban J connectivity index is 0.00000243. The molecule has 152 valence electrons. The van der Waals surface area contributed by atoms with Gasteiger partial charge in [0.15, 0.2) is 5.96 Å². The van der Waals surface area contributed by atoms with E-state index in [4.69, 9.17) is 9.73 Å². The van der Waals surface area contributed by atoms with Crippen LogP contribution in [0.5, 0.6) is 0 Å². The van der Waals surface area contributed by atoms with Crippen molar-refractivity contribution in [3.63, 3.8) is 0 Å². The number of ether oxygens (including phenoxy) is 1. The van der Waals surface area contributed by atoms with E-state index < -0.39 is 12.7 Å². The van der Waals surface area contributed by atoms with E-state index in [-0.39, 0.29) is 35.3 Å². The van der Waals surface area contributed by atoms with Gasteiger partial charge in [-0.3, -0.25) is 9.89 Å². The molecule has 2 unspecified atom stereocenters. The SMILES string of the molecule is CCNC(=NCC1CCN(CC(F)(F)F)C1)N1CCC2(CCOC2)C1.I. The fourth-order valence-electron chi connectivity index (χ4n) is 4.19. The Kier molecular flexibility index (Phi) is 7.85. The minimum Gasteiger partial charge on any atom is -0.381 e. The number of likely N-dealkylation sites (tertiary alicyclic amines) is 2. The molecule has 1 spiro atoms. The Morgan fingerprint density at radius 1 is 1.31 bits per heavy atom. The minimum atomic E-state index is -4.11. The number of aliphatic imine (C=N–C) groups is 1. The van der Waals surface area contributed by atoms with Gasteiger partial charge in [-0.05, 0) is 38.6 Å². The molecule has 0 aromatic carbocycles. The highest BCUT2D eigenvalue weighted by Gasteiger charge is 2.42. The van der Waals surface area contributed by atoms with Crippen LogP contribution in [0.25, 0.3) is 0 Å². The first-order valence-corrected chi connectivity index (χ1v) is 9.29. The maximum atomic E-state index is 12.5. The van der Waals surface area contributed by atoms with E-state index in [1.165, 1.54) is 4.90 Å². The molecule has 0 aromatic rings. The third kappa shape index (κ3) is 5.85. The van der Waals surface area contributed by atoms with Gasteiger partial charge in [-0.2, -0.15) is 13.2 Å². The summed E-state index contributed by atoms with van der Waals surface area (Å²) in [6.07, 6.45) is -1.09. The van der Waals surface area contributed by atoms with E-state index in [0.29, 0.717) is 19.6 Å². The number of alkyl halides is 3. The molecular formula is C17H30F3IN4O. The molecule has 0 bridgehead atoms. The number of halogens is 4. The van der Waals surface area contributed by atoms with Crippen molar-refractivity contribution >= 4 is 29.9 Å². The Morgan fingerprint density at radius 3 is 2.77 bits per heavy atom. The Hall–Kier alpha value is -0.290. The molecule has 26 heavy (non-hydrogen) atoms. The van der Waals surface area contributed by atoms with Gasteiger partial charge in [0.25, 0.3) is 0 Å². The van der Waals surface area contributed by atoms with E-state index in [2.05, 4.69) is 10.2 Å². The number of hydrogen-bond donors (Lipinski definition) is 1. The van der Waals surface area contributed by atoms with Gasteiger partial charge >= 0.3 is 6.18 Å². The highest BCUT2D eigenvalue weighted by atomic mass is 127. The van der Waals surface area contributed by atoms with Crippen molar-refractivity contribution in [1.29, 1.82) is 0 Å². The van der Waals surface area contributed by atoms with Crippen LogP contribution in [0.15, 0.2) is 4.99 Å². The third-order valence-corrected chi connectivity index (χ3v) is 5.53. The molecule has 1 N–H and O–H groups in total. The fourth-order valence-corrected chi connectivity index (χ4v) is 4.19. The van der Waals surface area contributed by atoms with Crippen molar-refractivity contribution in [2.75, 3.05) is 59.0 Å². The standard InChI is InChI=1S/C17H29F3N4O.HI/c1-2-21-15(24-7-4-16(11-24)5-8-25-13-16)22-9-14-3-6-23(10-14)12-17(18,19)20;/h14H,2-13H2,1H3,(H,21,22);1H. The largest absolute Gasteiger partial charge is 0.401 e. The van der Waals surface area contributed by atoms with E-state index in [1.54, 1.807) is 0 Å². The zero-order valence-corrected chi connectivity index (χ0v) is 17.7. The lowest BCUT2D eigenvalue weighted by molar-refractivity contribution is -0.143. The van der Waals surface area contributed by atoms with E-state index >= 15 is 0 Å². The second-order valence-corrected chi connectivity index (χ2v) is 7.67. The van der Waals surface area contributed by atoms with E-state index in [9.17, 15) is 13.2 Å². The van der Waals surface area contributed by atoms with Gasteiger partial charge < -0.3 is 15.0 Å². The van der Waals surface area contributed by atoms with Crippen molar-refractivity contribution in [3.8, 4) is 0 Å². The number of nitrogens with zero attached hydrogens (tertiary/aromatic N) is 3. The normalized spacial score (nSPS) is 30.2. The summed E-state index contributed by atoms with van der Waals surface area (Å²) in [5.74, 6) is 1.11. The Morgan fingerprint density at radius 2 is 2.12 bits per heavy atom. The summed E-state index contributed by atoms with van der Waals surface area (Å²) < 4.78 is 43.1. The van der Waals surface area contributed by atoms with Crippen LogP contribution >= 0.6 is 24.0 Å². The molecule has 3 heterocycles. The van der Waals surface area contributed by atoms with E-state index in [1.807, 2.05) is 6.92 Å². The molecule has 3 rings (SSSR count). The van der Waals surface area contributed by atoms with Crippen LogP contribution in [0.1, 0.15) is 26.2 Å². The topological polar surface area (TPSA) is 40.1 Å². The lowest BCUT2D eigenvalue weighted by Gasteiger charge is -2.25. The van der Waals surface area contributed by atoms with Gasteiger partial charge in [0.05, 0.1) is 13.2 Å². The molecule has 0 aromatic heterocycles. The summed E-state index contributed by atoms with van der Waals surface area (Å²) in [6.45, 7) is 7.24. The van der Waals surface area contributed by atoms with Gasteiger partial charge in [0, 0.05) is 44.7 Å². The second-order valence-electron chi connectivity index (χ2n) is 7.67.